The number of carboxylic acid groups (broad SMARTS) is 1. The molecule has 0 radical (unpaired) electrons. The number of carbonyl (C=O) groups is 2. The molecule has 0 fully saturated rings. The summed E-state index contributed by atoms with van der Waals surface area (Å²) in [6.07, 6.45) is 42.8. The van der Waals surface area contributed by atoms with Gasteiger partial charge in [-0.05, 0) is 19.3 Å². The van der Waals surface area contributed by atoms with Crippen LogP contribution in [0.3, 0.4) is 0 Å². The molecule has 4 nitrogen and oxygen atoms in total. The van der Waals surface area contributed by atoms with E-state index in [1.54, 1.807) is 0 Å². The highest BCUT2D eigenvalue weighted by Gasteiger charge is 2.21. The zero-order valence-corrected chi connectivity index (χ0v) is 30.0. The molecule has 4 heteroatoms. The van der Waals surface area contributed by atoms with Crippen LogP contribution in [0, 0.1) is 0 Å². The van der Waals surface area contributed by atoms with E-state index in [0.29, 0.717) is 12.8 Å². The van der Waals surface area contributed by atoms with E-state index in [1.807, 2.05) is 0 Å². The van der Waals surface area contributed by atoms with Gasteiger partial charge in [0.15, 0.2) is 6.10 Å². The molecule has 0 rings (SSSR count). The van der Waals surface area contributed by atoms with Crippen LogP contribution in [0.5, 0.6) is 0 Å². The summed E-state index contributed by atoms with van der Waals surface area (Å²) in [4.78, 5) is 23.8. The molecule has 0 spiro atoms. The molecule has 1 unspecified atom stereocenters. The van der Waals surface area contributed by atoms with Crippen molar-refractivity contribution in [2.24, 2.45) is 0 Å². The van der Waals surface area contributed by atoms with E-state index in [9.17, 15) is 14.7 Å². The zero-order valence-electron chi connectivity index (χ0n) is 30.0. The number of ether oxygens (including phenoxy) is 1. The summed E-state index contributed by atoms with van der Waals surface area (Å²) in [6, 6.07) is 0. The molecule has 1 atom stereocenters. The van der Waals surface area contributed by atoms with E-state index < -0.39 is 12.1 Å². The first kappa shape index (κ1) is 42.9. The Morgan fingerprint density at radius 3 is 0.932 bits per heavy atom. The van der Waals surface area contributed by atoms with Crippen LogP contribution in [-0.2, 0) is 14.3 Å². The third-order valence-corrected chi connectivity index (χ3v) is 9.35. The molecule has 0 saturated heterocycles. The third kappa shape index (κ3) is 33.8. The Bertz CT molecular complexity index is 590. The number of carbonyl (C=O) groups excluding carboxylic acids is 1. The lowest BCUT2D eigenvalue weighted by Crippen LogP contribution is -2.27. The second-order valence-corrected chi connectivity index (χ2v) is 13.8. The van der Waals surface area contributed by atoms with Crippen molar-refractivity contribution in [2.75, 3.05) is 0 Å². The summed E-state index contributed by atoms with van der Waals surface area (Å²) in [6.45, 7) is 4.55. The second kappa shape index (κ2) is 36.4. The predicted octanol–water partition coefficient (Wildman–Crippen LogP) is 13.7. The molecule has 0 aromatic rings. The van der Waals surface area contributed by atoms with Crippen molar-refractivity contribution in [2.45, 2.75) is 245 Å². The maximum absolute atomic E-state index is 12.2. The minimum atomic E-state index is -0.998. The molecule has 0 aromatic heterocycles. The van der Waals surface area contributed by atoms with E-state index in [4.69, 9.17) is 4.74 Å². The van der Waals surface area contributed by atoms with Gasteiger partial charge in [-0.2, -0.15) is 0 Å². The molecular formula is C40H78O4. The smallest absolute Gasteiger partial charge is 0.345 e. The van der Waals surface area contributed by atoms with Gasteiger partial charge >= 0.3 is 11.9 Å². The van der Waals surface area contributed by atoms with Crippen LogP contribution in [0.25, 0.3) is 0 Å². The number of esters is 1. The van der Waals surface area contributed by atoms with Crippen LogP contribution in [0.1, 0.15) is 239 Å². The van der Waals surface area contributed by atoms with Crippen molar-refractivity contribution in [3.05, 3.63) is 0 Å². The van der Waals surface area contributed by atoms with Crippen molar-refractivity contribution in [1.29, 1.82) is 0 Å². The summed E-state index contributed by atoms with van der Waals surface area (Å²) in [5.41, 5.74) is 0. The molecule has 262 valence electrons. The Kier molecular flexibility index (Phi) is 35.5. The van der Waals surface area contributed by atoms with E-state index in [0.717, 1.165) is 38.5 Å². The minimum absolute atomic E-state index is 0.338. The quantitative estimate of drug-likeness (QED) is 0.0553. The Morgan fingerprint density at radius 1 is 0.409 bits per heavy atom. The highest BCUT2D eigenvalue weighted by atomic mass is 16.6. The largest absolute Gasteiger partial charge is 0.479 e. The van der Waals surface area contributed by atoms with Crippen LogP contribution in [0.15, 0.2) is 0 Å². The summed E-state index contributed by atoms with van der Waals surface area (Å²) < 4.78 is 5.33. The number of hydrogen-bond donors (Lipinski definition) is 1. The fourth-order valence-electron chi connectivity index (χ4n) is 6.32. The van der Waals surface area contributed by atoms with Gasteiger partial charge in [0.1, 0.15) is 0 Å². The monoisotopic (exact) mass is 623 g/mol. The predicted molar refractivity (Wildman–Crippen MR) is 190 cm³/mol. The standard InChI is InChI=1S/C40H78O4/c1-3-5-7-9-11-13-15-17-19-20-21-23-24-26-28-30-32-34-36-38(40(42)43)44-39(41)37-35-33-31-29-27-25-22-18-16-14-12-10-8-6-4-2/h38H,3-37H2,1-2H3,(H,42,43). The second-order valence-electron chi connectivity index (χ2n) is 13.8. The van der Waals surface area contributed by atoms with Crippen LogP contribution >= 0.6 is 0 Å². The van der Waals surface area contributed by atoms with Crippen molar-refractivity contribution in [3.63, 3.8) is 0 Å². The molecule has 0 aliphatic rings. The Balaban J connectivity index is 3.49. The van der Waals surface area contributed by atoms with Crippen molar-refractivity contribution in [3.8, 4) is 0 Å². The average Bonchev–Trinajstić information content (AvgIpc) is 3.01. The molecular weight excluding hydrogens is 544 g/mol. The molecule has 0 aliphatic heterocycles. The summed E-state index contributed by atoms with van der Waals surface area (Å²) >= 11 is 0. The van der Waals surface area contributed by atoms with E-state index in [2.05, 4.69) is 13.8 Å². The van der Waals surface area contributed by atoms with Gasteiger partial charge in [-0.3, -0.25) is 4.79 Å². The molecule has 1 N–H and O–H groups in total. The van der Waals surface area contributed by atoms with Crippen LogP contribution in [0.4, 0.5) is 0 Å². The van der Waals surface area contributed by atoms with E-state index >= 15 is 0 Å². The Hall–Kier alpha value is -1.06. The first-order chi connectivity index (χ1) is 21.6. The van der Waals surface area contributed by atoms with Crippen LogP contribution in [-0.4, -0.2) is 23.1 Å². The normalized spacial score (nSPS) is 12.0. The van der Waals surface area contributed by atoms with Crippen molar-refractivity contribution in [1.82, 2.24) is 0 Å². The highest BCUT2D eigenvalue weighted by molar-refractivity contribution is 5.77. The van der Waals surface area contributed by atoms with Gasteiger partial charge in [0.05, 0.1) is 0 Å². The van der Waals surface area contributed by atoms with Gasteiger partial charge in [0.25, 0.3) is 0 Å². The SMILES string of the molecule is CCCCCCCCCCCCCCCCCCCCC(OC(=O)CCCCCCCCCCCCCCCCC)C(=O)O. The van der Waals surface area contributed by atoms with Crippen molar-refractivity contribution < 1.29 is 19.4 Å². The number of carboxylic acids is 1. The summed E-state index contributed by atoms with van der Waals surface area (Å²) in [7, 11) is 0. The molecule has 0 bridgehead atoms. The average molecular weight is 623 g/mol. The molecule has 0 aliphatic carbocycles. The maximum atomic E-state index is 12.2. The Labute approximate surface area is 275 Å². The van der Waals surface area contributed by atoms with Crippen LogP contribution in [0.2, 0.25) is 0 Å². The first-order valence-electron chi connectivity index (χ1n) is 20.0. The molecule has 0 heterocycles. The van der Waals surface area contributed by atoms with Gasteiger partial charge in [-0.1, -0.05) is 213 Å². The Morgan fingerprint density at radius 2 is 0.659 bits per heavy atom. The lowest BCUT2D eigenvalue weighted by atomic mass is 10.0. The van der Waals surface area contributed by atoms with Gasteiger partial charge in [0, 0.05) is 6.42 Å². The fraction of sp³-hybridized carbons (Fsp3) is 0.950. The highest BCUT2D eigenvalue weighted by Crippen LogP contribution is 2.17. The fourth-order valence-corrected chi connectivity index (χ4v) is 6.32. The topological polar surface area (TPSA) is 63.6 Å². The zero-order chi connectivity index (χ0) is 32.2. The lowest BCUT2D eigenvalue weighted by molar-refractivity contribution is -0.164. The maximum Gasteiger partial charge on any atom is 0.345 e. The minimum Gasteiger partial charge on any atom is -0.479 e. The first-order valence-corrected chi connectivity index (χ1v) is 20.0. The van der Waals surface area contributed by atoms with Crippen LogP contribution < -0.4 is 0 Å². The lowest BCUT2D eigenvalue weighted by Gasteiger charge is -2.13. The molecule has 0 amide bonds. The number of rotatable bonds is 37. The van der Waals surface area contributed by atoms with Gasteiger partial charge in [0.2, 0.25) is 0 Å². The number of unbranched alkanes of at least 4 members (excludes halogenated alkanes) is 31. The molecule has 0 aromatic carbocycles. The number of aliphatic carboxylic acids is 1. The van der Waals surface area contributed by atoms with Crippen molar-refractivity contribution >= 4 is 11.9 Å². The van der Waals surface area contributed by atoms with Gasteiger partial charge < -0.3 is 9.84 Å². The summed E-state index contributed by atoms with van der Waals surface area (Å²) in [5.74, 6) is -1.34. The van der Waals surface area contributed by atoms with E-state index in [-0.39, 0.29) is 5.97 Å². The van der Waals surface area contributed by atoms with Gasteiger partial charge in [-0.25, -0.2) is 4.79 Å². The van der Waals surface area contributed by atoms with E-state index in [1.165, 1.54) is 173 Å². The van der Waals surface area contributed by atoms with Gasteiger partial charge in [-0.15, -0.1) is 0 Å². The number of hydrogen-bond acceptors (Lipinski definition) is 3. The molecule has 44 heavy (non-hydrogen) atoms. The summed E-state index contributed by atoms with van der Waals surface area (Å²) in [5, 5.41) is 9.49. The molecule has 0 saturated carbocycles. The third-order valence-electron chi connectivity index (χ3n) is 9.35.